The van der Waals surface area contributed by atoms with E-state index in [-0.39, 0.29) is 17.8 Å². The monoisotopic (exact) mass is 466 g/mol. The van der Waals surface area contributed by atoms with Crippen LogP contribution in [0.5, 0.6) is 0 Å². The van der Waals surface area contributed by atoms with E-state index in [0.717, 1.165) is 11.1 Å². The van der Waals surface area contributed by atoms with Gasteiger partial charge in [-0.1, -0.05) is 6.07 Å². The van der Waals surface area contributed by atoms with Gasteiger partial charge in [0.15, 0.2) is 11.3 Å². The van der Waals surface area contributed by atoms with Crippen LogP contribution in [0.1, 0.15) is 31.7 Å². The van der Waals surface area contributed by atoms with E-state index >= 15 is 0 Å². The lowest BCUT2D eigenvalue weighted by Gasteiger charge is -2.26. The molecule has 0 amide bonds. The van der Waals surface area contributed by atoms with Crippen molar-refractivity contribution in [3.63, 3.8) is 0 Å². The molecule has 4 heterocycles. The Kier molecular flexibility index (Phi) is 4.93. The van der Waals surface area contributed by atoms with Crippen LogP contribution in [0.4, 0.5) is 5.69 Å². The third-order valence-electron chi connectivity index (χ3n) is 6.77. The van der Waals surface area contributed by atoms with Crippen molar-refractivity contribution in [2.24, 2.45) is 7.05 Å². The lowest BCUT2D eigenvalue weighted by molar-refractivity contribution is 0.110. The Morgan fingerprint density at radius 3 is 2.60 bits per heavy atom. The van der Waals surface area contributed by atoms with Crippen LogP contribution < -0.4 is 5.69 Å². The molecule has 1 aromatic carbocycles. The van der Waals surface area contributed by atoms with Crippen molar-refractivity contribution in [3.05, 3.63) is 71.0 Å². The molecule has 1 saturated carbocycles. The van der Waals surface area contributed by atoms with E-state index in [2.05, 4.69) is 14.8 Å². The van der Waals surface area contributed by atoms with Crippen molar-refractivity contribution in [2.75, 3.05) is 0 Å². The normalized spacial score (nSPS) is 18.2. The van der Waals surface area contributed by atoms with Crippen molar-refractivity contribution in [1.82, 2.24) is 33.6 Å². The summed E-state index contributed by atoms with van der Waals surface area (Å²) in [6.45, 7) is 7.38. The molecule has 0 unspecified atom stereocenters. The van der Waals surface area contributed by atoms with E-state index in [4.69, 9.17) is 16.5 Å². The summed E-state index contributed by atoms with van der Waals surface area (Å²) in [5.41, 5.74) is 4.38. The van der Waals surface area contributed by atoms with Crippen LogP contribution in [-0.2, 0) is 7.05 Å². The zero-order valence-corrected chi connectivity index (χ0v) is 19.0. The number of imidazole rings is 2. The van der Waals surface area contributed by atoms with E-state index in [1.807, 2.05) is 12.1 Å². The Morgan fingerprint density at radius 2 is 1.86 bits per heavy atom. The van der Waals surface area contributed by atoms with Gasteiger partial charge >= 0.3 is 5.69 Å². The van der Waals surface area contributed by atoms with Crippen LogP contribution in [0.3, 0.4) is 0 Å². The number of aromatic nitrogens is 7. The van der Waals surface area contributed by atoms with E-state index in [9.17, 15) is 9.90 Å². The summed E-state index contributed by atoms with van der Waals surface area (Å²) in [6.07, 6.45) is 7.38. The molecule has 1 N–H and O–H groups in total. The van der Waals surface area contributed by atoms with Gasteiger partial charge in [0.25, 0.3) is 0 Å². The first-order valence-electron chi connectivity index (χ1n) is 11.5. The standard InChI is InChI=1S/C25H22N8O2/c1-26-16-3-8-19-20(13-16)32(14-28-19)24-29-21(15-9-11-27-12-10-15)22-23(30-24)33(25(35)31(22)2)17-4-6-18(34)7-5-17/h3,8-14,17-18,34H,4-7H2,2H3/t17-,18-. The number of fused-ring (bicyclic) bond motifs is 2. The number of aryl methyl sites for hydroxylation is 1. The Bertz CT molecular complexity index is 1670. The molecule has 1 aliphatic rings. The minimum absolute atomic E-state index is 0.0594. The lowest BCUT2D eigenvalue weighted by Crippen LogP contribution is -2.30. The summed E-state index contributed by atoms with van der Waals surface area (Å²) in [4.78, 5) is 35.4. The van der Waals surface area contributed by atoms with Gasteiger partial charge < -0.3 is 5.11 Å². The number of rotatable bonds is 3. The number of benzene rings is 1. The summed E-state index contributed by atoms with van der Waals surface area (Å²) in [7, 11) is 1.74. The van der Waals surface area contributed by atoms with Gasteiger partial charge in [-0.2, -0.15) is 4.98 Å². The Balaban J connectivity index is 1.66. The summed E-state index contributed by atoms with van der Waals surface area (Å²) in [6, 6.07) is 8.94. The van der Waals surface area contributed by atoms with Crippen molar-refractivity contribution < 1.29 is 5.11 Å². The summed E-state index contributed by atoms with van der Waals surface area (Å²) >= 11 is 0. The average molecular weight is 467 g/mol. The van der Waals surface area contributed by atoms with E-state index < -0.39 is 0 Å². The predicted molar refractivity (Wildman–Crippen MR) is 130 cm³/mol. The molecule has 5 aromatic rings. The van der Waals surface area contributed by atoms with E-state index in [0.29, 0.717) is 59.7 Å². The number of aliphatic hydroxyl groups is 1. The fourth-order valence-corrected chi connectivity index (χ4v) is 4.95. The molecule has 35 heavy (non-hydrogen) atoms. The van der Waals surface area contributed by atoms with Crippen LogP contribution >= 0.6 is 0 Å². The number of pyridine rings is 1. The van der Waals surface area contributed by atoms with Gasteiger partial charge in [-0.15, -0.1) is 0 Å². The molecular formula is C25H22N8O2. The molecule has 0 atom stereocenters. The Morgan fingerprint density at radius 1 is 1.09 bits per heavy atom. The Hall–Kier alpha value is -4.36. The predicted octanol–water partition coefficient (Wildman–Crippen LogP) is 3.56. The molecule has 174 valence electrons. The molecule has 1 aliphatic carbocycles. The van der Waals surface area contributed by atoms with Crippen LogP contribution in [0.2, 0.25) is 0 Å². The highest BCUT2D eigenvalue weighted by Crippen LogP contribution is 2.33. The minimum atomic E-state index is -0.330. The van der Waals surface area contributed by atoms with E-state index in [1.165, 1.54) is 0 Å². The molecule has 0 radical (unpaired) electrons. The maximum atomic E-state index is 13.5. The molecule has 0 aliphatic heterocycles. The lowest BCUT2D eigenvalue weighted by atomic mass is 9.93. The number of hydrogen-bond donors (Lipinski definition) is 1. The molecule has 0 saturated heterocycles. The van der Waals surface area contributed by atoms with Crippen LogP contribution in [0, 0.1) is 6.57 Å². The fourth-order valence-electron chi connectivity index (χ4n) is 4.95. The topological polar surface area (TPSA) is 108 Å². The summed E-state index contributed by atoms with van der Waals surface area (Å²) in [5.74, 6) is 0.365. The van der Waals surface area contributed by atoms with Crippen LogP contribution in [0.25, 0.3) is 44.2 Å². The smallest absolute Gasteiger partial charge is 0.330 e. The highest BCUT2D eigenvalue weighted by atomic mass is 16.3. The summed E-state index contributed by atoms with van der Waals surface area (Å²) in [5, 5.41) is 10.0. The second-order valence-electron chi connectivity index (χ2n) is 8.85. The molecule has 10 heteroatoms. The van der Waals surface area contributed by atoms with Gasteiger partial charge in [0.1, 0.15) is 17.5 Å². The summed E-state index contributed by atoms with van der Waals surface area (Å²) < 4.78 is 5.10. The average Bonchev–Trinajstić information content (AvgIpc) is 3.43. The molecule has 1 fully saturated rings. The first-order chi connectivity index (χ1) is 17.0. The quantitative estimate of drug-likeness (QED) is 0.408. The van der Waals surface area contributed by atoms with Gasteiger partial charge in [0.2, 0.25) is 5.95 Å². The first-order valence-corrected chi connectivity index (χ1v) is 11.5. The zero-order chi connectivity index (χ0) is 24.1. The third-order valence-corrected chi connectivity index (χ3v) is 6.77. The number of nitrogens with zero attached hydrogens (tertiary/aromatic N) is 8. The van der Waals surface area contributed by atoms with Crippen molar-refractivity contribution >= 4 is 27.9 Å². The highest BCUT2D eigenvalue weighted by Gasteiger charge is 2.28. The molecule has 6 rings (SSSR count). The van der Waals surface area contributed by atoms with Gasteiger partial charge in [0, 0.05) is 31.0 Å². The SMILES string of the molecule is [C-]#[N+]c1ccc2ncn(-c3nc(-c4ccncc4)c4c(n3)n([C@H]3CC[C@H](O)CC3)c(=O)n4C)c2c1. The first kappa shape index (κ1) is 21.2. The van der Waals surface area contributed by atoms with Gasteiger partial charge in [-0.3, -0.25) is 18.7 Å². The fraction of sp³-hybridized carbons (Fsp3) is 0.280. The number of aliphatic hydroxyl groups excluding tert-OH is 1. The van der Waals surface area contributed by atoms with Gasteiger partial charge in [0.05, 0.1) is 23.7 Å². The van der Waals surface area contributed by atoms with Crippen molar-refractivity contribution in [3.8, 4) is 17.2 Å². The van der Waals surface area contributed by atoms with E-state index in [1.54, 1.807) is 57.7 Å². The van der Waals surface area contributed by atoms with Gasteiger partial charge in [-0.05, 0) is 49.9 Å². The molecule has 0 bridgehead atoms. The van der Waals surface area contributed by atoms with Crippen LogP contribution in [-0.4, -0.2) is 44.8 Å². The van der Waals surface area contributed by atoms with Crippen LogP contribution in [0.15, 0.2) is 53.8 Å². The highest BCUT2D eigenvalue weighted by molar-refractivity contribution is 5.89. The second-order valence-corrected chi connectivity index (χ2v) is 8.85. The maximum absolute atomic E-state index is 13.5. The third kappa shape index (κ3) is 3.40. The largest absolute Gasteiger partial charge is 0.393 e. The van der Waals surface area contributed by atoms with Gasteiger partial charge in [-0.25, -0.2) is 19.6 Å². The molecular weight excluding hydrogens is 444 g/mol. The minimum Gasteiger partial charge on any atom is -0.393 e. The number of hydrogen-bond acceptors (Lipinski definition) is 6. The van der Waals surface area contributed by atoms with Crippen molar-refractivity contribution in [2.45, 2.75) is 37.8 Å². The maximum Gasteiger partial charge on any atom is 0.330 e. The molecule has 10 nitrogen and oxygen atoms in total. The molecule has 0 spiro atoms. The second kappa shape index (κ2) is 8.14. The Labute approximate surface area is 200 Å². The zero-order valence-electron chi connectivity index (χ0n) is 19.0. The molecule has 4 aromatic heterocycles. The van der Waals surface area contributed by atoms with Crippen molar-refractivity contribution in [1.29, 1.82) is 0 Å².